The number of nitrogens with zero attached hydrogens (tertiary/aromatic N) is 2. The van der Waals surface area contributed by atoms with Crippen LogP contribution in [-0.4, -0.2) is 50.4 Å². The van der Waals surface area contributed by atoms with Crippen molar-refractivity contribution in [2.45, 2.75) is 108 Å². The van der Waals surface area contributed by atoms with Crippen LogP contribution < -0.4 is 11.0 Å². The average molecular weight is 526 g/mol. The third-order valence-corrected chi connectivity index (χ3v) is 6.29. The molecule has 3 atom stereocenters. The molecular formula is C27H41F2N3O5. The average Bonchev–Trinajstić information content (AvgIpc) is 3.09. The molecule has 0 radical (unpaired) electrons. The molecule has 10 heteroatoms. The van der Waals surface area contributed by atoms with E-state index in [1.54, 1.807) is 0 Å². The summed E-state index contributed by atoms with van der Waals surface area (Å²) in [4.78, 5) is 28.0. The van der Waals surface area contributed by atoms with Crippen LogP contribution in [-0.2, 0) is 9.53 Å². The Morgan fingerprint density at radius 2 is 1.73 bits per heavy atom. The van der Waals surface area contributed by atoms with Crippen molar-refractivity contribution in [3.05, 3.63) is 47.1 Å². The zero-order chi connectivity index (χ0) is 27.1. The van der Waals surface area contributed by atoms with E-state index in [-0.39, 0.29) is 18.1 Å². The van der Waals surface area contributed by atoms with Gasteiger partial charge in [0, 0.05) is 12.6 Å². The van der Waals surface area contributed by atoms with E-state index in [0.717, 1.165) is 44.7 Å². The summed E-state index contributed by atoms with van der Waals surface area (Å²) in [7, 11) is 0. The Morgan fingerprint density at radius 3 is 2.32 bits per heavy atom. The Morgan fingerprint density at radius 1 is 1.11 bits per heavy atom. The maximum Gasteiger partial charge on any atom is 0.351 e. The molecule has 0 unspecified atom stereocenters. The maximum atomic E-state index is 14.2. The Kier molecular flexibility index (Phi) is 13.7. The molecule has 1 fully saturated rings. The van der Waals surface area contributed by atoms with Crippen LogP contribution in [0.25, 0.3) is 0 Å². The monoisotopic (exact) mass is 525 g/mol. The van der Waals surface area contributed by atoms with Gasteiger partial charge in [-0.25, -0.2) is 4.79 Å². The number of hydrogen-bond acceptors (Lipinski definition) is 6. The van der Waals surface area contributed by atoms with Crippen molar-refractivity contribution in [3.63, 3.8) is 0 Å². The van der Waals surface area contributed by atoms with Crippen LogP contribution in [0.15, 0.2) is 41.4 Å². The first-order valence-corrected chi connectivity index (χ1v) is 13.3. The van der Waals surface area contributed by atoms with Crippen molar-refractivity contribution >= 4 is 11.7 Å². The molecule has 2 heterocycles. The van der Waals surface area contributed by atoms with Gasteiger partial charge in [-0.05, 0) is 38.2 Å². The largest absolute Gasteiger partial charge is 0.394 e. The fourth-order valence-electron chi connectivity index (χ4n) is 4.10. The van der Waals surface area contributed by atoms with Crippen molar-refractivity contribution in [1.82, 2.24) is 9.55 Å². The molecule has 0 bridgehead atoms. The van der Waals surface area contributed by atoms with Crippen LogP contribution >= 0.6 is 0 Å². The number of aromatic nitrogens is 2. The third-order valence-electron chi connectivity index (χ3n) is 6.29. The van der Waals surface area contributed by atoms with Gasteiger partial charge in [-0.15, -0.1) is 0 Å². The number of aliphatic hydroxyl groups excluding tert-OH is 2. The number of anilines is 1. The molecule has 37 heavy (non-hydrogen) atoms. The molecule has 3 N–H and O–H groups in total. The Bertz CT molecular complexity index is 935. The molecule has 0 spiro atoms. The summed E-state index contributed by atoms with van der Waals surface area (Å²) in [6.07, 6.45) is 16.2. The summed E-state index contributed by atoms with van der Waals surface area (Å²) >= 11 is 0. The van der Waals surface area contributed by atoms with Gasteiger partial charge in [0.2, 0.25) is 12.1 Å². The fourth-order valence-corrected chi connectivity index (χ4v) is 4.10. The maximum absolute atomic E-state index is 14.2. The highest BCUT2D eigenvalue weighted by molar-refractivity contribution is 5.89. The Balaban J connectivity index is 1.61. The van der Waals surface area contributed by atoms with E-state index >= 15 is 0 Å². The van der Waals surface area contributed by atoms with Gasteiger partial charge >= 0.3 is 11.6 Å². The van der Waals surface area contributed by atoms with Crippen LogP contribution in [0, 0.1) is 0 Å². The summed E-state index contributed by atoms with van der Waals surface area (Å²) in [5.74, 6) is -4.15. The summed E-state index contributed by atoms with van der Waals surface area (Å²) < 4.78 is 34.0. The van der Waals surface area contributed by atoms with Crippen molar-refractivity contribution < 1.29 is 28.5 Å². The number of halogens is 2. The third kappa shape index (κ3) is 10.1. The van der Waals surface area contributed by atoms with Crippen molar-refractivity contribution in [2.75, 3.05) is 11.9 Å². The molecule has 2 rings (SSSR count). The molecule has 0 aliphatic carbocycles. The van der Waals surface area contributed by atoms with E-state index in [1.807, 2.05) is 0 Å². The normalized spacial score (nSPS) is 21.3. The number of aliphatic hydroxyl groups is 2. The van der Waals surface area contributed by atoms with Crippen LogP contribution in [0.5, 0.6) is 0 Å². The van der Waals surface area contributed by atoms with Gasteiger partial charge in [-0.3, -0.25) is 9.36 Å². The van der Waals surface area contributed by atoms with E-state index < -0.39 is 36.7 Å². The summed E-state index contributed by atoms with van der Waals surface area (Å²) in [6, 6.07) is 1.21. The van der Waals surface area contributed by atoms with E-state index in [9.17, 15) is 23.5 Å². The number of ether oxygens (including phenoxy) is 1. The topological polar surface area (TPSA) is 114 Å². The molecule has 0 saturated carbocycles. The van der Waals surface area contributed by atoms with Gasteiger partial charge in [0.05, 0.1) is 6.61 Å². The predicted molar refractivity (Wildman–Crippen MR) is 138 cm³/mol. The summed E-state index contributed by atoms with van der Waals surface area (Å²) in [5, 5.41) is 21.2. The zero-order valence-corrected chi connectivity index (χ0v) is 21.7. The molecule has 8 nitrogen and oxygen atoms in total. The van der Waals surface area contributed by atoms with Crippen molar-refractivity contribution in [2.24, 2.45) is 0 Å². The minimum atomic E-state index is -3.79. The minimum absolute atomic E-state index is 0.0476. The van der Waals surface area contributed by atoms with Crippen molar-refractivity contribution in [3.8, 4) is 0 Å². The van der Waals surface area contributed by atoms with Gasteiger partial charge in [0.1, 0.15) is 11.9 Å². The van der Waals surface area contributed by atoms with Gasteiger partial charge in [0.15, 0.2) is 6.10 Å². The second-order valence-corrected chi connectivity index (χ2v) is 9.39. The molecular weight excluding hydrogens is 484 g/mol. The molecule has 208 valence electrons. The van der Waals surface area contributed by atoms with Gasteiger partial charge in [-0.2, -0.15) is 13.8 Å². The number of alkyl halides is 2. The smallest absolute Gasteiger partial charge is 0.351 e. The molecule has 1 aliphatic rings. The molecule has 1 aromatic heterocycles. The lowest BCUT2D eigenvalue weighted by Gasteiger charge is -2.21. The number of rotatable bonds is 17. The van der Waals surface area contributed by atoms with Crippen LogP contribution in [0.1, 0.15) is 90.2 Å². The first-order chi connectivity index (χ1) is 17.8. The van der Waals surface area contributed by atoms with Crippen LogP contribution in [0.3, 0.4) is 0 Å². The highest BCUT2D eigenvalue weighted by atomic mass is 19.3. The molecule has 1 aliphatic heterocycles. The highest BCUT2D eigenvalue weighted by Crippen LogP contribution is 2.41. The fraction of sp³-hybridized carbons (Fsp3) is 0.667. The second-order valence-electron chi connectivity index (χ2n) is 9.39. The van der Waals surface area contributed by atoms with Gasteiger partial charge in [0.25, 0.3) is 0 Å². The van der Waals surface area contributed by atoms with Crippen LogP contribution in [0.4, 0.5) is 14.6 Å². The SMILES string of the molecule is CCCCCC/C=C/C=C\CCCCCCCC(=O)Nc1ccn([C@@H]2O[C@H](CO)[C@@H](O)C2(F)F)c(=O)n1. The summed E-state index contributed by atoms with van der Waals surface area (Å²) in [5.41, 5.74) is -1.07. The van der Waals surface area contributed by atoms with Gasteiger partial charge in [-0.1, -0.05) is 69.8 Å². The number of allylic oxidation sites excluding steroid dienone is 4. The molecule has 1 aromatic rings. The number of carbonyl (C=O) groups is 1. The lowest BCUT2D eigenvalue weighted by atomic mass is 10.1. The van der Waals surface area contributed by atoms with Gasteiger partial charge < -0.3 is 20.3 Å². The molecule has 1 saturated heterocycles. The number of amides is 1. The van der Waals surface area contributed by atoms with E-state index in [4.69, 9.17) is 9.84 Å². The van der Waals surface area contributed by atoms with E-state index in [0.29, 0.717) is 11.0 Å². The summed E-state index contributed by atoms with van der Waals surface area (Å²) in [6.45, 7) is 1.39. The number of unbranched alkanes of at least 4 members (excludes halogenated alkanes) is 9. The Labute approximate surface area is 217 Å². The molecule has 0 aromatic carbocycles. The van der Waals surface area contributed by atoms with Crippen LogP contribution in [0.2, 0.25) is 0 Å². The lowest BCUT2D eigenvalue weighted by molar-refractivity contribution is -0.141. The van der Waals surface area contributed by atoms with E-state index in [1.165, 1.54) is 31.7 Å². The van der Waals surface area contributed by atoms with Crippen molar-refractivity contribution in [1.29, 1.82) is 0 Å². The number of carbonyl (C=O) groups excluding carboxylic acids is 1. The zero-order valence-electron chi connectivity index (χ0n) is 21.7. The predicted octanol–water partition coefficient (Wildman–Crippen LogP) is 4.88. The lowest BCUT2D eigenvalue weighted by Crippen LogP contribution is -2.41. The first-order valence-electron chi connectivity index (χ1n) is 13.3. The van der Waals surface area contributed by atoms with E-state index in [2.05, 4.69) is 41.5 Å². The number of nitrogens with one attached hydrogen (secondary N) is 1. The molecule has 1 amide bonds. The highest BCUT2D eigenvalue weighted by Gasteiger charge is 2.59. The Hall–Kier alpha value is -2.43. The first kappa shape index (κ1) is 30.8. The quantitative estimate of drug-likeness (QED) is 0.197. The second kappa shape index (κ2) is 16.4. The minimum Gasteiger partial charge on any atom is -0.394 e. The number of hydrogen-bond donors (Lipinski definition) is 3. The standard InChI is InChI=1S/C27H41F2N3O5/c1-2-3-4-5-6-7-8-9-10-11-12-13-14-15-16-17-23(34)30-22-18-19-32(26(36)31-22)25-27(28,29)24(35)21(20-33)37-25/h7-10,18-19,21,24-25,33,35H,2-6,11-17,20H2,1H3,(H,30,31,34,36)/b8-7+,10-9-/t21-,24-,25-/m1/s1.